The summed E-state index contributed by atoms with van der Waals surface area (Å²) in [5.41, 5.74) is 0.927. The summed E-state index contributed by atoms with van der Waals surface area (Å²) < 4.78 is 26.3. The zero-order valence-corrected chi connectivity index (χ0v) is 12.6. The van der Waals surface area contributed by atoms with E-state index in [1.165, 1.54) is 0 Å². The van der Waals surface area contributed by atoms with Crippen LogP contribution in [0.25, 0.3) is 0 Å². The fourth-order valence-corrected chi connectivity index (χ4v) is 2.63. The number of rotatable bonds is 8. The number of hydrogen-bond donors (Lipinski definition) is 2. The SMILES string of the molecule is CCCNS(=O)(=O)c1ccc(NCCN(C)C)cc1. The molecule has 0 aliphatic carbocycles. The first-order valence-corrected chi connectivity index (χ1v) is 7.92. The first-order valence-electron chi connectivity index (χ1n) is 6.44. The standard InChI is InChI=1S/C13H23N3O2S/c1-4-9-15-19(17,18)13-7-5-12(6-8-13)14-10-11-16(2)3/h5-8,14-15H,4,9-11H2,1-3H3. The predicted molar refractivity (Wildman–Crippen MR) is 79.0 cm³/mol. The van der Waals surface area contributed by atoms with Crippen molar-refractivity contribution in [3.8, 4) is 0 Å². The summed E-state index contributed by atoms with van der Waals surface area (Å²) in [4.78, 5) is 2.39. The molecule has 5 nitrogen and oxygen atoms in total. The Morgan fingerprint density at radius 3 is 2.26 bits per heavy atom. The third-order valence-corrected chi connectivity index (χ3v) is 4.07. The van der Waals surface area contributed by atoms with E-state index in [0.717, 1.165) is 25.2 Å². The first-order chi connectivity index (χ1) is 8.95. The molecule has 1 rings (SSSR count). The molecule has 0 aliphatic heterocycles. The van der Waals surface area contributed by atoms with Crippen LogP contribution in [0.1, 0.15) is 13.3 Å². The number of anilines is 1. The van der Waals surface area contributed by atoms with Gasteiger partial charge in [-0.2, -0.15) is 0 Å². The summed E-state index contributed by atoms with van der Waals surface area (Å²) in [5.74, 6) is 0. The van der Waals surface area contributed by atoms with Gasteiger partial charge in [-0.1, -0.05) is 6.92 Å². The van der Waals surface area contributed by atoms with Crippen LogP contribution in [-0.4, -0.2) is 47.0 Å². The van der Waals surface area contributed by atoms with Crippen LogP contribution in [0, 0.1) is 0 Å². The fraction of sp³-hybridized carbons (Fsp3) is 0.538. The van der Waals surface area contributed by atoms with Gasteiger partial charge in [-0.15, -0.1) is 0 Å². The van der Waals surface area contributed by atoms with Crippen molar-refractivity contribution in [1.82, 2.24) is 9.62 Å². The largest absolute Gasteiger partial charge is 0.384 e. The van der Waals surface area contributed by atoms with Gasteiger partial charge in [0, 0.05) is 25.3 Å². The van der Waals surface area contributed by atoms with Crippen LogP contribution in [-0.2, 0) is 10.0 Å². The van der Waals surface area contributed by atoms with E-state index in [-0.39, 0.29) is 0 Å². The second kappa shape index (κ2) is 7.47. The lowest BCUT2D eigenvalue weighted by atomic mass is 10.3. The highest BCUT2D eigenvalue weighted by atomic mass is 32.2. The smallest absolute Gasteiger partial charge is 0.240 e. The molecule has 108 valence electrons. The molecule has 0 amide bonds. The summed E-state index contributed by atoms with van der Waals surface area (Å²) in [5, 5.41) is 3.24. The monoisotopic (exact) mass is 285 g/mol. The third kappa shape index (κ3) is 5.59. The summed E-state index contributed by atoms with van der Waals surface area (Å²) >= 11 is 0. The molecule has 0 aliphatic rings. The predicted octanol–water partition coefficient (Wildman–Crippen LogP) is 1.35. The van der Waals surface area contributed by atoms with Gasteiger partial charge in [-0.25, -0.2) is 13.1 Å². The molecular formula is C13H23N3O2S. The Morgan fingerprint density at radius 2 is 1.74 bits per heavy atom. The van der Waals surface area contributed by atoms with Crippen molar-refractivity contribution >= 4 is 15.7 Å². The Bertz CT molecular complexity index is 469. The second-order valence-electron chi connectivity index (χ2n) is 4.65. The average molecular weight is 285 g/mol. The molecule has 1 aromatic rings. The summed E-state index contributed by atoms with van der Waals surface area (Å²) in [7, 11) is 0.662. The molecule has 0 spiro atoms. The highest BCUT2D eigenvalue weighted by molar-refractivity contribution is 7.89. The van der Waals surface area contributed by atoms with Crippen LogP contribution in [0.5, 0.6) is 0 Å². The molecule has 0 radical (unpaired) electrons. The molecule has 0 fully saturated rings. The summed E-state index contributed by atoms with van der Waals surface area (Å²) in [6.07, 6.45) is 0.781. The number of nitrogens with one attached hydrogen (secondary N) is 2. The van der Waals surface area contributed by atoms with Crippen LogP contribution >= 0.6 is 0 Å². The Balaban J connectivity index is 2.60. The van der Waals surface area contributed by atoms with E-state index in [9.17, 15) is 8.42 Å². The first kappa shape index (κ1) is 15.9. The third-order valence-electron chi connectivity index (χ3n) is 2.59. The molecule has 0 saturated carbocycles. The molecule has 0 saturated heterocycles. The van der Waals surface area contributed by atoms with E-state index in [1.54, 1.807) is 24.3 Å². The topological polar surface area (TPSA) is 61.4 Å². The molecule has 2 N–H and O–H groups in total. The molecular weight excluding hydrogens is 262 g/mol. The van der Waals surface area contributed by atoms with Crippen molar-refractivity contribution in [2.24, 2.45) is 0 Å². The van der Waals surface area contributed by atoms with Crippen molar-refractivity contribution in [3.63, 3.8) is 0 Å². The minimum absolute atomic E-state index is 0.305. The molecule has 6 heteroatoms. The molecule has 0 heterocycles. The maximum absolute atomic E-state index is 11.9. The van der Waals surface area contributed by atoms with Gasteiger partial charge in [0.15, 0.2) is 0 Å². The van der Waals surface area contributed by atoms with Crippen LogP contribution in [0.15, 0.2) is 29.2 Å². The van der Waals surface area contributed by atoms with Gasteiger partial charge in [-0.3, -0.25) is 0 Å². The number of benzene rings is 1. The van der Waals surface area contributed by atoms with Gasteiger partial charge < -0.3 is 10.2 Å². The summed E-state index contributed by atoms with van der Waals surface area (Å²) in [6, 6.07) is 6.82. The minimum atomic E-state index is -3.36. The Morgan fingerprint density at radius 1 is 1.11 bits per heavy atom. The zero-order chi connectivity index (χ0) is 14.3. The van der Waals surface area contributed by atoms with Crippen molar-refractivity contribution in [3.05, 3.63) is 24.3 Å². The molecule has 0 aromatic heterocycles. The van der Waals surface area contributed by atoms with Gasteiger partial charge in [0.25, 0.3) is 0 Å². The highest BCUT2D eigenvalue weighted by Gasteiger charge is 2.12. The lowest BCUT2D eigenvalue weighted by Gasteiger charge is -2.12. The van der Waals surface area contributed by atoms with Crippen LogP contribution in [0.3, 0.4) is 0 Å². The Labute approximate surface area is 116 Å². The second-order valence-corrected chi connectivity index (χ2v) is 6.42. The zero-order valence-electron chi connectivity index (χ0n) is 11.8. The van der Waals surface area contributed by atoms with E-state index in [0.29, 0.717) is 11.4 Å². The van der Waals surface area contributed by atoms with E-state index in [1.807, 2.05) is 21.0 Å². The number of nitrogens with zero attached hydrogens (tertiary/aromatic N) is 1. The molecule has 0 unspecified atom stereocenters. The Hall–Kier alpha value is -1.11. The van der Waals surface area contributed by atoms with Crippen molar-refractivity contribution in [2.75, 3.05) is 39.0 Å². The number of sulfonamides is 1. The normalized spacial score (nSPS) is 11.8. The summed E-state index contributed by atoms with van der Waals surface area (Å²) in [6.45, 7) is 4.15. The van der Waals surface area contributed by atoms with E-state index < -0.39 is 10.0 Å². The average Bonchev–Trinajstić information content (AvgIpc) is 2.37. The van der Waals surface area contributed by atoms with E-state index in [2.05, 4.69) is 14.9 Å². The van der Waals surface area contributed by atoms with Crippen LogP contribution in [0.4, 0.5) is 5.69 Å². The van der Waals surface area contributed by atoms with Crippen molar-refractivity contribution < 1.29 is 8.42 Å². The van der Waals surface area contributed by atoms with Gasteiger partial charge in [0.05, 0.1) is 4.90 Å². The number of likely N-dealkylation sites (N-methyl/N-ethyl adjacent to an activating group) is 1. The van der Waals surface area contributed by atoms with Crippen LogP contribution < -0.4 is 10.0 Å². The molecule has 0 atom stereocenters. The molecule has 0 bridgehead atoms. The van der Waals surface area contributed by atoms with Crippen LogP contribution in [0.2, 0.25) is 0 Å². The lowest BCUT2D eigenvalue weighted by Crippen LogP contribution is -2.24. The molecule has 19 heavy (non-hydrogen) atoms. The maximum atomic E-state index is 11.9. The minimum Gasteiger partial charge on any atom is -0.384 e. The van der Waals surface area contributed by atoms with Gasteiger partial charge in [0.2, 0.25) is 10.0 Å². The highest BCUT2D eigenvalue weighted by Crippen LogP contribution is 2.13. The van der Waals surface area contributed by atoms with Crippen molar-refractivity contribution in [2.45, 2.75) is 18.2 Å². The quantitative estimate of drug-likeness (QED) is 0.757. The van der Waals surface area contributed by atoms with Gasteiger partial charge in [-0.05, 0) is 44.8 Å². The lowest BCUT2D eigenvalue weighted by molar-refractivity contribution is 0.425. The van der Waals surface area contributed by atoms with Gasteiger partial charge >= 0.3 is 0 Å². The van der Waals surface area contributed by atoms with Crippen molar-refractivity contribution in [1.29, 1.82) is 0 Å². The van der Waals surface area contributed by atoms with Gasteiger partial charge in [0.1, 0.15) is 0 Å². The number of hydrogen-bond acceptors (Lipinski definition) is 4. The molecule has 1 aromatic carbocycles. The van der Waals surface area contributed by atoms with E-state index >= 15 is 0 Å². The Kier molecular flexibility index (Phi) is 6.27. The maximum Gasteiger partial charge on any atom is 0.240 e. The fourth-order valence-electron chi connectivity index (χ4n) is 1.50. The van der Waals surface area contributed by atoms with E-state index in [4.69, 9.17) is 0 Å².